The van der Waals surface area contributed by atoms with E-state index in [-0.39, 0.29) is 18.0 Å². The summed E-state index contributed by atoms with van der Waals surface area (Å²) in [5.41, 5.74) is 1.18. The van der Waals surface area contributed by atoms with Crippen LogP contribution in [-0.4, -0.2) is 48.6 Å². The molecule has 0 unspecified atom stereocenters. The molecule has 1 aliphatic carbocycles. The molecule has 1 saturated carbocycles. The number of amides is 3. The molecule has 1 saturated heterocycles. The Bertz CT molecular complexity index is 613. The average molecular weight is 344 g/mol. The molecule has 3 amide bonds. The number of urea groups is 1. The van der Waals surface area contributed by atoms with Crippen molar-refractivity contribution in [2.45, 2.75) is 51.1 Å². The number of hydrogen-bond donors (Lipinski definition) is 3. The number of likely N-dealkylation sites (tertiary alicyclic amines) is 1. The molecule has 0 spiro atoms. The summed E-state index contributed by atoms with van der Waals surface area (Å²) in [6.45, 7) is 4.47. The molecular weight excluding hydrogens is 316 g/mol. The minimum Gasteiger partial charge on any atom is -0.352 e. The lowest BCUT2D eigenvalue weighted by atomic mass is 10.2. The number of anilines is 1. The highest BCUT2D eigenvalue weighted by Crippen LogP contribution is 2.26. The van der Waals surface area contributed by atoms with E-state index in [1.54, 1.807) is 24.3 Å². The van der Waals surface area contributed by atoms with E-state index in [1.807, 2.05) is 6.92 Å². The minimum atomic E-state index is -0.202. The van der Waals surface area contributed by atoms with Gasteiger partial charge in [0.2, 0.25) is 0 Å². The molecule has 1 heterocycles. The maximum Gasteiger partial charge on any atom is 0.319 e. The molecule has 0 aromatic heterocycles. The number of rotatable bonds is 5. The molecule has 1 atom stereocenters. The SMILES string of the molecule is CCNC(=O)c1cccc(NC(=O)N[C@H]2CCN(C3CCCC3)C2)c1. The summed E-state index contributed by atoms with van der Waals surface area (Å²) in [4.78, 5) is 26.7. The number of benzene rings is 1. The Morgan fingerprint density at radius 2 is 2.00 bits per heavy atom. The average Bonchev–Trinajstić information content (AvgIpc) is 3.26. The van der Waals surface area contributed by atoms with Crippen LogP contribution in [0, 0.1) is 0 Å². The fourth-order valence-corrected chi connectivity index (χ4v) is 3.86. The van der Waals surface area contributed by atoms with Crippen molar-refractivity contribution in [2.24, 2.45) is 0 Å². The minimum absolute atomic E-state index is 0.130. The lowest BCUT2D eigenvalue weighted by molar-refractivity contribution is 0.0956. The van der Waals surface area contributed by atoms with E-state index in [0.29, 0.717) is 23.8 Å². The summed E-state index contributed by atoms with van der Waals surface area (Å²) in [5, 5.41) is 8.66. The van der Waals surface area contributed by atoms with Crippen LogP contribution >= 0.6 is 0 Å². The van der Waals surface area contributed by atoms with E-state index in [1.165, 1.54) is 25.7 Å². The maximum absolute atomic E-state index is 12.3. The largest absolute Gasteiger partial charge is 0.352 e. The van der Waals surface area contributed by atoms with Crippen LogP contribution in [0.15, 0.2) is 24.3 Å². The van der Waals surface area contributed by atoms with Gasteiger partial charge in [0, 0.05) is 43.0 Å². The Morgan fingerprint density at radius 3 is 2.76 bits per heavy atom. The molecule has 136 valence electrons. The number of hydrogen-bond acceptors (Lipinski definition) is 3. The first kappa shape index (κ1) is 17.7. The van der Waals surface area contributed by atoms with Gasteiger partial charge in [-0.1, -0.05) is 18.9 Å². The third-order valence-corrected chi connectivity index (χ3v) is 5.12. The second kappa shape index (κ2) is 8.34. The Labute approximate surface area is 149 Å². The summed E-state index contributed by atoms with van der Waals surface area (Å²) in [6.07, 6.45) is 6.27. The van der Waals surface area contributed by atoms with Crippen LogP contribution < -0.4 is 16.0 Å². The molecule has 25 heavy (non-hydrogen) atoms. The predicted molar refractivity (Wildman–Crippen MR) is 98.8 cm³/mol. The molecule has 2 aliphatic rings. The van der Waals surface area contributed by atoms with E-state index >= 15 is 0 Å². The maximum atomic E-state index is 12.3. The van der Waals surface area contributed by atoms with Gasteiger partial charge in [-0.25, -0.2) is 4.79 Å². The van der Waals surface area contributed by atoms with Crippen molar-refractivity contribution in [2.75, 3.05) is 25.0 Å². The molecule has 2 fully saturated rings. The van der Waals surface area contributed by atoms with Gasteiger partial charge >= 0.3 is 6.03 Å². The van der Waals surface area contributed by atoms with Crippen molar-refractivity contribution in [1.82, 2.24) is 15.5 Å². The molecule has 0 bridgehead atoms. The molecule has 1 aromatic carbocycles. The van der Waals surface area contributed by atoms with Gasteiger partial charge in [0.25, 0.3) is 5.91 Å². The zero-order valence-electron chi connectivity index (χ0n) is 14.9. The number of carbonyl (C=O) groups excluding carboxylic acids is 2. The summed E-state index contributed by atoms with van der Waals surface area (Å²) in [7, 11) is 0. The monoisotopic (exact) mass is 344 g/mol. The zero-order chi connectivity index (χ0) is 17.6. The van der Waals surface area contributed by atoms with Gasteiger partial charge in [-0.05, 0) is 44.4 Å². The summed E-state index contributed by atoms with van der Waals surface area (Å²) in [5.74, 6) is -0.130. The van der Waals surface area contributed by atoms with Gasteiger partial charge in [-0.3, -0.25) is 9.69 Å². The van der Waals surface area contributed by atoms with Crippen LogP contribution in [0.3, 0.4) is 0 Å². The highest BCUT2D eigenvalue weighted by Gasteiger charge is 2.30. The summed E-state index contributed by atoms with van der Waals surface area (Å²) in [6, 6.07) is 7.72. The predicted octanol–water partition coefficient (Wildman–Crippen LogP) is 2.57. The third kappa shape index (κ3) is 4.72. The normalized spacial score (nSPS) is 21.2. The zero-order valence-corrected chi connectivity index (χ0v) is 14.9. The van der Waals surface area contributed by atoms with Crippen LogP contribution in [0.25, 0.3) is 0 Å². The third-order valence-electron chi connectivity index (χ3n) is 5.12. The highest BCUT2D eigenvalue weighted by molar-refractivity contribution is 5.96. The van der Waals surface area contributed by atoms with Gasteiger partial charge in [0.1, 0.15) is 0 Å². The first-order valence-corrected chi connectivity index (χ1v) is 9.35. The first-order valence-electron chi connectivity index (χ1n) is 9.35. The second-order valence-electron chi connectivity index (χ2n) is 6.96. The second-order valence-corrected chi connectivity index (χ2v) is 6.96. The van der Waals surface area contributed by atoms with Gasteiger partial charge < -0.3 is 16.0 Å². The van der Waals surface area contributed by atoms with Crippen molar-refractivity contribution in [3.05, 3.63) is 29.8 Å². The Hall–Kier alpha value is -2.08. The van der Waals surface area contributed by atoms with Gasteiger partial charge in [-0.15, -0.1) is 0 Å². The molecule has 0 radical (unpaired) electrons. The van der Waals surface area contributed by atoms with Gasteiger partial charge in [0.15, 0.2) is 0 Å². The lowest BCUT2D eigenvalue weighted by Gasteiger charge is -2.23. The molecule has 6 heteroatoms. The summed E-state index contributed by atoms with van der Waals surface area (Å²) >= 11 is 0. The molecular formula is C19H28N4O2. The molecule has 3 N–H and O–H groups in total. The first-order chi connectivity index (χ1) is 12.2. The van der Waals surface area contributed by atoms with Gasteiger partial charge in [0.05, 0.1) is 0 Å². The fourth-order valence-electron chi connectivity index (χ4n) is 3.86. The molecule has 3 rings (SSSR count). The van der Waals surface area contributed by atoms with Crippen LogP contribution in [0.1, 0.15) is 49.4 Å². The van der Waals surface area contributed by atoms with E-state index in [4.69, 9.17) is 0 Å². The number of carbonyl (C=O) groups is 2. The summed E-state index contributed by atoms with van der Waals surface area (Å²) < 4.78 is 0. The van der Waals surface area contributed by atoms with Crippen molar-refractivity contribution in [3.63, 3.8) is 0 Å². The van der Waals surface area contributed by atoms with E-state index < -0.39 is 0 Å². The Balaban J connectivity index is 1.49. The smallest absolute Gasteiger partial charge is 0.319 e. The van der Waals surface area contributed by atoms with Crippen LogP contribution in [0.4, 0.5) is 10.5 Å². The standard InChI is InChI=1S/C19H28N4O2/c1-2-20-18(24)14-6-5-7-15(12-14)21-19(25)22-16-10-11-23(13-16)17-8-3-4-9-17/h5-7,12,16-17H,2-4,8-11,13H2,1H3,(H,20,24)(H2,21,22,25)/t16-/m0/s1. The molecule has 6 nitrogen and oxygen atoms in total. The lowest BCUT2D eigenvalue weighted by Crippen LogP contribution is -2.41. The van der Waals surface area contributed by atoms with Crippen LogP contribution in [-0.2, 0) is 0 Å². The molecule has 1 aliphatic heterocycles. The van der Waals surface area contributed by atoms with Crippen molar-refractivity contribution in [1.29, 1.82) is 0 Å². The van der Waals surface area contributed by atoms with E-state index in [0.717, 1.165) is 19.5 Å². The molecule has 1 aromatic rings. The van der Waals surface area contributed by atoms with Crippen molar-refractivity contribution in [3.8, 4) is 0 Å². The Kier molecular flexibility index (Phi) is 5.91. The van der Waals surface area contributed by atoms with Crippen LogP contribution in [0.5, 0.6) is 0 Å². The topological polar surface area (TPSA) is 73.5 Å². The Morgan fingerprint density at radius 1 is 1.20 bits per heavy atom. The van der Waals surface area contributed by atoms with E-state index in [2.05, 4.69) is 20.9 Å². The van der Waals surface area contributed by atoms with Gasteiger partial charge in [-0.2, -0.15) is 0 Å². The quantitative estimate of drug-likeness (QED) is 0.769. The van der Waals surface area contributed by atoms with Crippen LogP contribution in [0.2, 0.25) is 0 Å². The number of nitrogens with zero attached hydrogens (tertiary/aromatic N) is 1. The van der Waals surface area contributed by atoms with Crippen molar-refractivity contribution < 1.29 is 9.59 Å². The fraction of sp³-hybridized carbons (Fsp3) is 0.579. The highest BCUT2D eigenvalue weighted by atomic mass is 16.2. The number of nitrogens with one attached hydrogen (secondary N) is 3. The van der Waals surface area contributed by atoms with Crippen molar-refractivity contribution >= 4 is 17.6 Å². The van der Waals surface area contributed by atoms with E-state index in [9.17, 15) is 9.59 Å².